The van der Waals surface area contributed by atoms with Gasteiger partial charge in [-0.05, 0) is 23.2 Å². The molecule has 310 valence electrons. The van der Waals surface area contributed by atoms with E-state index in [-0.39, 0.29) is 10.6 Å². The van der Waals surface area contributed by atoms with E-state index in [0.29, 0.717) is 0 Å². The molecule has 0 heterocycles. The SMILES string of the molecule is O=C(NCCNC(=O)C(F)(F)C(F)(F)C(F)(F)C(F)(F)C(F)(F)C(F)(F)C(F)(F)Cl)C(F)(F)C(F)(F)C(F)(F)C(F)(F)C(F)(F)C(F)(F)C(F)(F)Cl. The minimum Gasteiger partial charge on any atom is -0.349 e. The number of hydrogen-bond acceptors (Lipinski definition) is 2. The summed E-state index contributed by atoms with van der Waals surface area (Å²) in [6.07, 6.45) is 0. The van der Waals surface area contributed by atoms with Crippen LogP contribution in [-0.2, 0) is 9.59 Å². The summed E-state index contributed by atoms with van der Waals surface area (Å²) in [5.74, 6) is -109. The second kappa shape index (κ2) is 13.1. The number of amides is 2. The van der Waals surface area contributed by atoms with E-state index in [0.717, 1.165) is 0 Å². The van der Waals surface area contributed by atoms with Crippen LogP contribution in [-0.4, -0.2) is 107 Å². The highest BCUT2D eigenvalue weighted by molar-refractivity contribution is 6.22. The van der Waals surface area contributed by atoms with Gasteiger partial charge < -0.3 is 10.6 Å². The molecule has 0 aromatic heterocycles. The van der Waals surface area contributed by atoms with E-state index in [1.165, 1.54) is 0 Å². The highest BCUT2D eigenvalue weighted by Gasteiger charge is 2.95. The Morgan fingerprint density at radius 2 is 0.462 bits per heavy atom. The summed E-state index contributed by atoms with van der Waals surface area (Å²) in [7, 11) is 0. The van der Waals surface area contributed by atoms with Gasteiger partial charge in [0.15, 0.2) is 0 Å². The molecule has 0 saturated carbocycles. The Morgan fingerprint density at radius 1 is 0.308 bits per heavy atom. The smallest absolute Gasteiger partial charge is 0.349 e. The molecule has 0 saturated heterocycles. The molecule has 2 N–H and O–H groups in total. The molecule has 0 unspecified atom stereocenters. The first-order valence-electron chi connectivity index (χ1n) is 11.3. The van der Waals surface area contributed by atoms with E-state index in [1.54, 1.807) is 0 Å². The van der Waals surface area contributed by atoms with Crippen molar-refractivity contribution < 1.29 is 133 Å². The highest BCUT2D eigenvalue weighted by Crippen LogP contribution is 2.64. The van der Waals surface area contributed by atoms with Gasteiger partial charge in [-0.25, -0.2) is 0 Å². The van der Waals surface area contributed by atoms with Gasteiger partial charge in [0, 0.05) is 13.1 Å². The molecule has 0 bridgehead atoms. The summed E-state index contributed by atoms with van der Waals surface area (Å²) < 4.78 is 374. The molecule has 0 fully saturated rings. The molecule has 0 aliphatic heterocycles. The van der Waals surface area contributed by atoms with Crippen LogP contribution in [0.15, 0.2) is 0 Å². The van der Waals surface area contributed by atoms with E-state index in [2.05, 4.69) is 23.2 Å². The molecule has 0 radical (unpaired) electrons. The fourth-order valence-electron chi connectivity index (χ4n) is 2.79. The molecule has 0 aliphatic carbocycles. The van der Waals surface area contributed by atoms with Crippen molar-refractivity contribution in [3.05, 3.63) is 0 Å². The number of carbonyl (C=O) groups excluding carboxylic acids is 2. The fourth-order valence-corrected chi connectivity index (χ4v) is 3.03. The normalized spacial score (nSPS) is 16.2. The Balaban J connectivity index is 6.24. The van der Waals surface area contributed by atoms with Crippen molar-refractivity contribution >= 4 is 35.0 Å². The summed E-state index contributed by atoms with van der Waals surface area (Å²) in [6.45, 7) is -4.96. The minimum absolute atomic E-state index is 0.00873. The molecule has 0 aliphatic rings. The molecule has 4 nitrogen and oxygen atoms in total. The van der Waals surface area contributed by atoms with Crippen LogP contribution in [0.4, 0.5) is 123 Å². The second-order valence-corrected chi connectivity index (χ2v) is 10.3. The number of carbonyl (C=O) groups is 2. The van der Waals surface area contributed by atoms with E-state index in [1.807, 2.05) is 0 Å². The monoisotopic (exact) mass is 884 g/mol. The first kappa shape index (κ1) is 49.6. The molecular weight excluding hydrogens is 879 g/mol. The Kier molecular flexibility index (Phi) is 12.5. The fraction of sp³-hybridized carbons (Fsp3) is 0.889. The Morgan fingerprint density at radius 3 is 0.635 bits per heavy atom. The zero-order valence-corrected chi connectivity index (χ0v) is 24.1. The molecule has 52 heavy (non-hydrogen) atoms. The molecule has 0 atom stereocenters. The third kappa shape index (κ3) is 6.65. The van der Waals surface area contributed by atoms with E-state index in [4.69, 9.17) is 0 Å². The molecular formula is C18H6Cl2F28N2O2. The van der Waals surface area contributed by atoms with Crippen LogP contribution in [0.3, 0.4) is 0 Å². The van der Waals surface area contributed by atoms with Crippen molar-refractivity contribution in [2.75, 3.05) is 13.1 Å². The quantitative estimate of drug-likeness (QED) is 0.0876. The largest absolute Gasteiger partial charge is 0.393 e. The predicted octanol–water partition coefficient (Wildman–Crippen LogP) is 8.51. The maximum absolute atomic E-state index is 13.8. The maximum Gasteiger partial charge on any atom is 0.393 e. The van der Waals surface area contributed by atoms with Crippen LogP contribution in [0.25, 0.3) is 0 Å². The van der Waals surface area contributed by atoms with Crippen LogP contribution >= 0.6 is 23.2 Å². The minimum atomic E-state index is -8.75. The maximum atomic E-state index is 13.8. The second-order valence-electron chi connectivity index (χ2n) is 9.40. The lowest BCUT2D eigenvalue weighted by molar-refractivity contribution is -0.431. The summed E-state index contributed by atoms with van der Waals surface area (Å²) in [4.78, 5) is 22.4. The summed E-state index contributed by atoms with van der Waals surface area (Å²) in [5, 5.41) is -14.1. The number of halogens is 30. The van der Waals surface area contributed by atoms with Crippen molar-refractivity contribution in [3.8, 4) is 0 Å². The zero-order chi connectivity index (χ0) is 43.0. The lowest BCUT2D eigenvalue weighted by Crippen LogP contribution is -2.74. The van der Waals surface area contributed by atoms with Crippen LogP contribution < -0.4 is 10.6 Å². The van der Waals surface area contributed by atoms with Crippen molar-refractivity contribution in [3.63, 3.8) is 0 Å². The Bertz CT molecular complexity index is 1230. The summed E-state index contributed by atoms with van der Waals surface area (Å²) in [5.41, 5.74) is 0. The topological polar surface area (TPSA) is 58.2 Å². The van der Waals surface area contributed by atoms with Crippen molar-refractivity contribution in [1.82, 2.24) is 10.6 Å². The third-order valence-electron chi connectivity index (χ3n) is 5.92. The van der Waals surface area contributed by atoms with Gasteiger partial charge in [-0.3, -0.25) is 9.59 Å². The average Bonchev–Trinajstić information content (AvgIpc) is 2.92. The van der Waals surface area contributed by atoms with Crippen molar-refractivity contribution in [1.29, 1.82) is 0 Å². The first-order chi connectivity index (χ1) is 22.0. The molecule has 2 amide bonds. The van der Waals surface area contributed by atoms with Gasteiger partial charge in [-0.1, -0.05) is 0 Å². The van der Waals surface area contributed by atoms with E-state index in [9.17, 15) is 133 Å². The van der Waals surface area contributed by atoms with Gasteiger partial charge in [0.1, 0.15) is 0 Å². The molecule has 0 aromatic rings. The Hall–Kier alpha value is -2.44. The van der Waals surface area contributed by atoms with E-state index < -0.39 is 107 Å². The number of alkyl halides is 30. The van der Waals surface area contributed by atoms with Gasteiger partial charge in [-0.2, -0.15) is 123 Å². The molecule has 0 rings (SSSR count). The predicted molar refractivity (Wildman–Crippen MR) is 107 cm³/mol. The Labute approximate surface area is 274 Å². The van der Waals surface area contributed by atoms with Gasteiger partial charge in [-0.15, -0.1) is 0 Å². The van der Waals surface area contributed by atoms with Gasteiger partial charge in [0.05, 0.1) is 0 Å². The average molecular weight is 885 g/mol. The summed E-state index contributed by atoms with van der Waals surface area (Å²) >= 11 is 6.68. The van der Waals surface area contributed by atoms with Crippen LogP contribution in [0.1, 0.15) is 0 Å². The summed E-state index contributed by atoms with van der Waals surface area (Å²) in [6, 6.07) is 0. The number of rotatable bonds is 17. The van der Waals surface area contributed by atoms with Crippen LogP contribution in [0, 0.1) is 0 Å². The molecule has 0 spiro atoms. The van der Waals surface area contributed by atoms with Gasteiger partial charge in [0.2, 0.25) is 0 Å². The zero-order valence-electron chi connectivity index (χ0n) is 22.6. The van der Waals surface area contributed by atoms with E-state index >= 15 is 0 Å². The van der Waals surface area contributed by atoms with Crippen molar-refractivity contribution in [2.45, 2.75) is 81.8 Å². The lowest BCUT2D eigenvalue weighted by atomic mass is 9.91. The molecule has 34 heteroatoms. The standard InChI is InChI=1S/C18H6Cl2F28N2O2/c19-17(45,46)15(41,42)13(37,38)11(33,34)9(29,30)7(25,26)5(21,22)3(51)49-1-2-50-4(52)6(23,24)8(27,28)10(31,32)12(35,36)14(39,40)16(43,44)18(20,47)48/h1-2H2,(H,49,51)(H,50,52). The van der Waals surface area contributed by atoms with Gasteiger partial charge in [0.25, 0.3) is 11.8 Å². The number of hydrogen-bond donors (Lipinski definition) is 2. The van der Waals surface area contributed by atoms with Crippen molar-refractivity contribution in [2.24, 2.45) is 0 Å². The molecule has 0 aromatic carbocycles. The first-order valence-corrected chi connectivity index (χ1v) is 12.0. The van der Waals surface area contributed by atoms with Crippen LogP contribution in [0.5, 0.6) is 0 Å². The third-order valence-corrected chi connectivity index (χ3v) is 6.40. The number of nitrogens with one attached hydrogen (secondary N) is 2. The van der Waals surface area contributed by atoms with Crippen LogP contribution in [0.2, 0.25) is 0 Å². The highest BCUT2D eigenvalue weighted by atomic mass is 35.5. The van der Waals surface area contributed by atoms with Gasteiger partial charge >= 0.3 is 81.8 Å². The lowest BCUT2D eigenvalue weighted by Gasteiger charge is -2.41.